The minimum Gasteiger partial charge on any atom is -0.383 e. The van der Waals surface area contributed by atoms with Crippen LogP contribution in [-0.4, -0.2) is 49.0 Å². The van der Waals surface area contributed by atoms with Crippen molar-refractivity contribution in [2.24, 2.45) is 0 Å². The fraction of sp³-hybridized carbons (Fsp3) is 0.227. The fourth-order valence-corrected chi connectivity index (χ4v) is 5.24. The fourth-order valence-electron chi connectivity index (χ4n) is 4.66. The molecule has 0 saturated carbocycles. The highest BCUT2D eigenvalue weighted by molar-refractivity contribution is 9.10. The molecule has 0 radical (unpaired) electrons. The Bertz CT molecular complexity index is 1430. The molecular formula is C22H18BrN7O2. The molecule has 5 heterocycles. The van der Waals surface area contributed by atoms with E-state index in [9.17, 15) is 9.59 Å². The van der Waals surface area contributed by atoms with Crippen LogP contribution in [0, 0.1) is 0 Å². The van der Waals surface area contributed by atoms with Crippen molar-refractivity contribution < 1.29 is 9.59 Å². The van der Waals surface area contributed by atoms with Crippen LogP contribution < -0.4 is 11.1 Å². The number of anilines is 1. The number of hydrogen-bond acceptors (Lipinski definition) is 6. The number of fused-ring (bicyclic) bond motifs is 3. The van der Waals surface area contributed by atoms with Gasteiger partial charge >= 0.3 is 6.03 Å². The van der Waals surface area contributed by atoms with Crippen LogP contribution in [0.3, 0.4) is 0 Å². The number of aromatic nitrogens is 4. The maximum atomic E-state index is 12.2. The van der Waals surface area contributed by atoms with Crippen molar-refractivity contribution in [1.82, 2.24) is 29.8 Å². The summed E-state index contributed by atoms with van der Waals surface area (Å²) in [6.07, 6.45) is 4.86. The lowest BCUT2D eigenvalue weighted by atomic mass is 9.90. The van der Waals surface area contributed by atoms with Crippen molar-refractivity contribution in [1.29, 1.82) is 0 Å². The number of carbonyl (C=O) groups excluding carboxylic acids is 2. The summed E-state index contributed by atoms with van der Waals surface area (Å²) in [6.45, 7) is 0.407. The third-order valence-corrected chi connectivity index (χ3v) is 7.12. The Morgan fingerprint density at radius 1 is 1.16 bits per heavy atom. The minimum atomic E-state index is -0.396. The number of rotatable bonds is 2. The number of piperidine rings is 1. The molecule has 2 fully saturated rings. The van der Waals surface area contributed by atoms with Crippen LogP contribution in [0.15, 0.2) is 47.2 Å². The van der Waals surface area contributed by atoms with E-state index in [4.69, 9.17) is 10.7 Å². The summed E-state index contributed by atoms with van der Waals surface area (Å²) < 4.78 is 2.26. The summed E-state index contributed by atoms with van der Waals surface area (Å²) in [5, 5.41) is 7.87. The monoisotopic (exact) mass is 491 g/mol. The second-order valence-electron chi connectivity index (χ2n) is 8.14. The van der Waals surface area contributed by atoms with E-state index < -0.39 is 6.04 Å². The van der Waals surface area contributed by atoms with Gasteiger partial charge in [0.05, 0.1) is 21.9 Å². The van der Waals surface area contributed by atoms with Gasteiger partial charge in [-0.1, -0.05) is 18.2 Å². The molecule has 32 heavy (non-hydrogen) atoms. The summed E-state index contributed by atoms with van der Waals surface area (Å²) in [7, 11) is 0. The molecule has 3 aromatic heterocycles. The van der Waals surface area contributed by atoms with Gasteiger partial charge in [0.25, 0.3) is 5.91 Å². The molecule has 10 heteroatoms. The number of para-hydroxylation sites is 1. The normalized spacial score (nSPS) is 20.7. The Kier molecular flexibility index (Phi) is 4.19. The number of benzene rings is 1. The number of hydrogen-bond donors (Lipinski definition) is 2. The number of nitrogens with two attached hydrogens (primary N) is 1. The first-order valence-electron chi connectivity index (χ1n) is 10.3. The Labute approximate surface area is 190 Å². The molecule has 0 bridgehead atoms. The number of nitrogens with zero attached hydrogens (tertiary/aromatic N) is 5. The van der Waals surface area contributed by atoms with Crippen LogP contribution >= 0.6 is 15.9 Å². The van der Waals surface area contributed by atoms with E-state index in [1.165, 1.54) is 0 Å². The minimum absolute atomic E-state index is 0.0537. The van der Waals surface area contributed by atoms with Crippen molar-refractivity contribution >= 4 is 50.2 Å². The zero-order chi connectivity index (χ0) is 22.0. The van der Waals surface area contributed by atoms with Gasteiger partial charge < -0.3 is 10.6 Å². The van der Waals surface area contributed by atoms with Gasteiger partial charge in [-0.05, 0) is 40.9 Å². The van der Waals surface area contributed by atoms with E-state index in [1.54, 1.807) is 15.6 Å². The van der Waals surface area contributed by atoms with Gasteiger partial charge in [-0.3, -0.25) is 15.1 Å². The van der Waals surface area contributed by atoms with Gasteiger partial charge in [0.1, 0.15) is 11.9 Å². The standard InChI is InChI=1S/C22H18BrN7O2/c23-17-18(12-5-6-16-21(31)28-22(32)29(16)10-12)27-20-14(9-26-30(20)19(17)24)13-7-11-3-1-2-4-15(11)25-8-13/h1-4,7-9,12,16H,5-6,10,24H2,(H,28,31,32). The molecule has 3 N–H and O–H groups in total. The van der Waals surface area contributed by atoms with Gasteiger partial charge in [0.2, 0.25) is 0 Å². The Hall–Kier alpha value is -3.53. The summed E-state index contributed by atoms with van der Waals surface area (Å²) in [6, 6.07) is 9.24. The molecule has 2 aliphatic heterocycles. The van der Waals surface area contributed by atoms with Crippen molar-refractivity contribution in [2.75, 3.05) is 12.3 Å². The maximum Gasteiger partial charge on any atom is 0.324 e. The quantitative estimate of drug-likeness (QED) is 0.416. The van der Waals surface area contributed by atoms with Crippen molar-refractivity contribution in [3.8, 4) is 11.1 Å². The highest BCUT2D eigenvalue weighted by Crippen LogP contribution is 2.38. The van der Waals surface area contributed by atoms with Crippen molar-refractivity contribution in [2.45, 2.75) is 24.8 Å². The van der Waals surface area contributed by atoms with Crippen LogP contribution in [-0.2, 0) is 4.79 Å². The second kappa shape index (κ2) is 6.99. The van der Waals surface area contributed by atoms with E-state index in [2.05, 4.69) is 37.4 Å². The number of nitrogens with one attached hydrogen (secondary N) is 1. The molecule has 0 spiro atoms. The SMILES string of the molecule is Nc1c(Br)c(C2CCC3C(=O)NC(=O)N3C2)nc2c(-c3cnc4ccccc4c3)cnn12. The molecule has 2 atom stereocenters. The molecule has 0 aliphatic carbocycles. The number of imide groups is 1. The van der Waals surface area contributed by atoms with Crippen molar-refractivity contribution in [3.05, 3.63) is 52.9 Å². The lowest BCUT2D eigenvalue weighted by molar-refractivity contribution is -0.122. The van der Waals surface area contributed by atoms with Gasteiger partial charge in [-0.15, -0.1) is 0 Å². The first kappa shape index (κ1) is 19.2. The van der Waals surface area contributed by atoms with Crippen LogP contribution in [0.1, 0.15) is 24.5 Å². The first-order valence-corrected chi connectivity index (χ1v) is 11.1. The third-order valence-electron chi connectivity index (χ3n) is 6.31. The Balaban J connectivity index is 1.45. The molecule has 1 aromatic carbocycles. The van der Waals surface area contributed by atoms with Crippen molar-refractivity contribution in [3.63, 3.8) is 0 Å². The summed E-state index contributed by atoms with van der Waals surface area (Å²) >= 11 is 3.59. The lowest BCUT2D eigenvalue weighted by Crippen LogP contribution is -2.42. The van der Waals surface area contributed by atoms with E-state index in [0.29, 0.717) is 28.9 Å². The third kappa shape index (κ3) is 2.79. The van der Waals surface area contributed by atoms with E-state index in [0.717, 1.165) is 34.1 Å². The zero-order valence-electron chi connectivity index (χ0n) is 16.8. The lowest BCUT2D eigenvalue weighted by Gasteiger charge is -2.33. The largest absolute Gasteiger partial charge is 0.383 e. The molecule has 9 nitrogen and oxygen atoms in total. The number of pyridine rings is 1. The van der Waals surface area contributed by atoms with E-state index in [1.807, 2.05) is 30.5 Å². The smallest absolute Gasteiger partial charge is 0.324 e. The first-order chi connectivity index (χ1) is 15.5. The average Bonchev–Trinajstić information content (AvgIpc) is 3.36. The maximum absolute atomic E-state index is 12.2. The average molecular weight is 492 g/mol. The molecule has 4 aromatic rings. The Morgan fingerprint density at radius 2 is 2.00 bits per heavy atom. The van der Waals surface area contributed by atoms with E-state index >= 15 is 0 Å². The highest BCUT2D eigenvalue weighted by atomic mass is 79.9. The van der Waals surface area contributed by atoms with Crippen LogP contribution in [0.25, 0.3) is 27.7 Å². The molecule has 6 rings (SSSR count). The number of amides is 3. The predicted molar refractivity (Wildman–Crippen MR) is 122 cm³/mol. The molecule has 2 aliphatic rings. The molecular weight excluding hydrogens is 474 g/mol. The summed E-state index contributed by atoms with van der Waals surface area (Å²) in [5.41, 5.74) is 10.4. The summed E-state index contributed by atoms with van der Waals surface area (Å²) in [4.78, 5) is 35.3. The van der Waals surface area contributed by atoms with Gasteiger partial charge in [0, 0.05) is 35.2 Å². The second-order valence-corrected chi connectivity index (χ2v) is 8.94. The van der Waals surface area contributed by atoms with Gasteiger partial charge in [-0.2, -0.15) is 9.61 Å². The van der Waals surface area contributed by atoms with Crippen LogP contribution in [0.2, 0.25) is 0 Å². The zero-order valence-corrected chi connectivity index (χ0v) is 18.4. The molecule has 2 saturated heterocycles. The predicted octanol–water partition coefficient (Wildman–Crippen LogP) is 3.09. The molecule has 160 valence electrons. The molecule has 2 unspecified atom stereocenters. The number of urea groups is 1. The number of halogens is 1. The summed E-state index contributed by atoms with van der Waals surface area (Å²) in [5.74, 6) is 0.161. The van der Waals surface area contributed by atoms with Crippen LogP contribution in [0.4, 0.5) is 10.6 Å². The highest BCUT2D eigenvalue weighted by Gasteiger charge is 2.43. The van der Waals surface area contributed by atoms with Crippen LogP contribution in [0.5, 0.6) is 0 Å². The molecule has 3 amide bonds. The number of carbonyl (C=O) groups is 2. The Morgan fingerprint density at radius 3 is 2.88 bits per heavy atom. The van der Waals surface area contributed by atoms with Gasteiger partial charge in [0.15, 0.2) is 5.65 Å². The van der Waals surface area contributed by atoms with Gasteiger partial charge in [-0.25, -0.2) is 9.78 Å². The number of nitrogen functional groups attached to an aromatic ring is 1. The topological polar surface area (TPSA) is 119 Å². The van der Waals surface area contributed by atoms with E-state index in [-0.39, 0.29) is 17.9 Å².